The fraction of sp³-hybridized carbons (Fsp3) is 0.871. The number of fused-ring (bicyclic) bond motifs is 5. The monoisotopic (exact) mass is 546 g/mol. The average molecular weight is 547 g/mol. The summed E-state index contributed by atoms with van der Waals surface area (Å²) in [5, 5.41) is 12.9. The van der Waals surface area contributed by atoms with E-state index in [2.05, 4.69) is 47.7 Å². The zero-order valence-electron chi connectivity index (χ0n) is 24.9. The summed E-state index contributed by atoms with van der Waals surface area (Å²) in [4.78, 5) is 24.4. The summed E-state index contributed by atoms with van der Waals surface area (Å²) in [6.07, 6.45) is 9.15. The lowest BCUT2D eigenvalue weighted by Gasteiger charge is -2.65. The van der Waals surface area contributed by atoms with Gasteiger partial charge in [-0.1, -0.05) is 34.6 Å². The normalized spacial score (nSPS) is 45.0. The summed E-state index contributed by atoms with van der Waals surface area (Å²) >= 11 is 0. The number of carbonyl (C=O) groups excluding carboxylic acids is 2. The predicted molar refractivity (Wildman–Crippen MR) is 149 cm³/mol. The molecule has 7 heteroatoms. The van der Waals surface area contributed by atoms with Crippen molar-refractivity contribution in [2.24, 2.45) is 34.5 Å². The van der Waals surface area contributed by atoms with Gasteiger partial charge in [0.1, 0.15) is 12.7 Å². The molecule has 0 spiro atoms. The van der Waals surface area contributed by atoms with E-state index < -0.39 is 19.3 Å². The lowest BCUT2D eigenvalue weighted by atomic mass is 9.42. The van der Waals surface area contributed by atoms with Crippen LogP contribution in [0, 0.1) is 34.5 Å². The SMILES string of the molecule is CC(=O)OC1CC2C(CCC3CC(O[Si](C)(C)C(C)(C)C)CCC32C)C2(O)CCC(C3=CC(=O)OC3)C12C. The number of rotatable bonds is 4. The smallest absolute Gasteiger partial charge is 0.331 e. The van der Waals surface area contributed by atoms with Gasteiger partial charge in [0.2, 0.25) is 0 Å². The number of cyclic esters (lactones) is 1. The molecule has 1 N–H and O–H groups in total. The highest BCUT2D eigenvalue weighted by Gasteiger charge is 2.72. The Morgan fingerprint density at radius 1 is 1.08 bits per heavy atom. The van der Waals surface area contributed by atoms with Crippen molar-refractivity contribution >= 4 is 20.3 Å². The molecule has 4 saturated carbocycles. The Morgan fingerprint density at radius 2 is 1.79 bits per heavy atom. The molecular weight excluding hydrogens is 496 g/mol. The number of hydrogen-bond acceptors (Lipinski definition) is 6. The van der Waals surface area contributed by atoms with Gasteiger partial charge in [-0.15, -0.1) is 0 Å². The molecule has 0 aromatic heterocycles. The molecule has 0 amide bonds. The van der Waals surface area contributed by atoms with E-state index in [9.17, 15) is 14.7 Å². The molecule has 0 aromatic carbocycles. The summed E-state index contributed by atoms with van der Waals surface area (Å²) < 4.78 is 18.3. The molecule has 0 bridgehead atoms. The molecule has 0 saturated heterocycles. The molecule has 9 unspecified atom stereocenters. The third-order valence-electron chi connectivity index (χ3n) is 12.6. The number of esters is 2. The fourth-order valence-electron chi connectivity index (χ4n) is 9.39. The van der Waals surface area contributed by atoms with Crippen LogP contribution in [0.25, 0.3) is 0 Å². The van der Waals surface area contributed by atoms with Gasteiger partial charge in [-0.05, 0) is 104 Å². The van der Waals surface area contributed by atoms with E-state index in [0.717, 1.165) is 50.5 Å². The minimum Gasteiger partial charge on any atom is -0.462 e. The van der Waals surface area contributed by atoms with Gasteiger partial charge < -0.3 is 19.0 Å². The second-order valence-electron chi connectivity index (χ2n) is 15.2. The summed E-state index contributed by atoms with van der Waals surface area (Å²) in [6.45, 7) is 18.0. The van der Waals surface area contributed by atoms with Crippen LogP contribution in [0.1, 0.15) is 92.9 Å². The average Bonchev–Trinajstić information content (AvgIpc) is 3.34. The molecule has 4 aliphatic carbocycles. The topological polar surface area (TPSA) is 82.1 Å². The quantitative estimate of drug-likeness (QED) is 0.335. The van der Waals surface area contributed by atoms with E-state index in [0.29, 0.717) is 24.4 Å². The van der Waals surface area contributed by atoms with Crippen molar-refractivity contribution in [1.29, 1.82) is 0 Å². The second-order valence-corrected chi connectivity index (χ2v) is 20.0. The van der Waals surface area contributed by atoms with Gasteiger partial charge >= 0.3 is 11.9 Å². The van der Waals surface area contributed by atoms with E-state index in [1.165, 1.54) is 6.92 Å². The maximum atomic E-state index is 12.7. The molecule has 6 nitrogen and oxygen atoms in total. The molecule has 0 aromatic rings. The number of hydrogen-bond donors (Lipinski definition) is 1. The van der Waals surface area contributed by atoms with E-state index in [1.54, 1.807) is 6.08 Å². The molecule has 1 heterocycles. The van der Waals surface area contributed by atoms with Gasteiger partial charge in [-0.25, -0.2) is 4.79 Å². The standard InChI is InChI=1S/C31H50O6Si/c1-19(32)36-26-17-25-24(31(34)14-12-23(30(26,31)6)20-15-27(33)35-18-20)10-9-21-16-22(11-13-29(21,25)5)37-38(7,8)28(2,3)4/h15,21-26,34H,9-14,16-18H2,1-8H3. The van der Waals surface area contributed by atoms with Crippen LogP contribution >= 0.6 is 0 Å². The first kappa shape index (κ1) is 28.3. The van der Waals surface area contributed by atoms with Crippen LogP contribution in [0.15, 0.2) is 11.6 Å². The van der Waals surface area contributed by atoms with Crippen molar-refractivity contribution in [3.05, 3.63) is 11.6 Å². The Morgan fingerprint density at radius 3 is 2.39 bits per heavy atom. The Balaban J connectivity index is 1.44. The van der Waals surface area contributed by atoms with Gasteiger partial charge in [0.15, 0.2) is 8.32 Å². The van der Waals surface area contributed by atoms with Gasteiger partial charge in [-0.3, -0.25) is 4.79 Å². The van der Waals surface area contributed by atoms with Gasteiger partial charge in [-0.2, -0.15) is 0 Å². The molecule has 214 valence electrons. The lowest BCUT2D eigenvalue weighted by molar-refractivity contribution is -0.250. The van der Waals surface area contributed by atoms with Crippen molar-refractivity contribution in [2.75, 3.05) is 6.61 Å². The first-order valence-electron chi connectivity index (χ1n) is 15.0. The van der Waals surface area contributed by atoms with Gasteiger partial charge in [0.25, 0.3) is 0 Å². The molecule has 5 rings (SSSR count). The highest BCUT2D eigenvalue weighted by atomic mass is 28.4. The Kier molecular flexibility index (Phi) is 6.84. The van der Waals surface area contributed by atoms with Crippen molar-refractivity contribution in [2.45, 2.75) is 129 Å². The van der Waals surface area contributed by atoms with Crippen LogP contribution in [0.5, 0.6) is 0 Å². The van der Waals surface area contributed by atoms with Crippen LogP contribution in [0.3, 0.4) is 0 Å². The van der Waals surface area contributed by atoms with Crippen LogP contribution in [-0.2, 0) is 23.5 Å². The first-order chi connectivity index (χ1) is 17.5. The number of carbonyl (C=O) groups is 2. The first-order valence-corrected chi connectivity index (χ1v) is 17.9. The Bertz CT molecular complexity index is 1010. The molecular formula is C31H50O6Si. The lowest BCUT2D eigenvalue weighted by Crippen LogP contribution is -2.67. The third kappa shape index (κ3) is 4.16. The highest BCUT2D eigenvalue weighted by Crippen LogP contribution is 2.70. The summed E-state index contributed by atoms with van der Waals surface area (Å²) in [7, 11) is -1.84. The minimum atomic E-state index is -1.84. The molecule has 1 aliphatic heterocycles. The molecule has 38 heavy (non-hydrogen) atoms. The molecule has 5 aliphatic rings. The van der Waals surface area contributed by atoms with Gasteiger partial charge in [0, 0.05) is 24.5 Å². The van der Waals surface area contributed by atoms with Crippen LogP contribution < -0.4 is 0 Å². The maximum Gasteiger partial charge on any atom is 0.331 e. The van der Waals surface area contributed by atoms with Crippen LogP contribution in [-0.4, -0.2) is 49.8 Å². The zero-order valence-corrected chi connectivity index (χ0v) is 25.9. The third-order valence-corrected chi connectivity index (χ3v) is 17.1. The van der Waals surface area contributed by atoms with E-state index in [1.807, 2.05) is 0 Å². The number of aliphatic hydroxyl groups is 1. The fourth-order valence-corrected chi connectivity index (χ4v) is 10.8. The predicted octanol–water partition coefficient (Wildman–Crippen LogP) is 6.18. The largest absolute Gasteiger partial charge is 0.462 e. The van der Waals surface area contributed by atoms with Crippen molar-refractivity contribution < 1.29 is 28.6 Å². The van der Waals surface area contributed by atoms with Crippen LogP contribution in [0.4, 0.5) is 0 Å². The molecule has 9 atom stereocenters. The van der Waals surface area contributed by atoms with Gasteiger partial charge in [0.05, 0.1) is 5.60 Å². The Labute approximate surface area is 230 Å². The van der Waals surface area contributed by atoms with E-state index in [4.69, 9.17) is 13.9 Å². The second kappa shape index (κ2) is 9.17. The van der Waals surface area contributed by atoms with Crippen molar-refractivity contribution in [3.8, 4) is 0 Å². The zero-order chi connectivity index (χ0) is 27.9. The van der Waals surface area contributed by atoms with E-state index >= 15 is 0 Å². The minimum absolute atomic E-state index is 0.0245. The number of ether oxygens (including phenoxy) is 2. The maximum absolute atomic E-state index is 12.7. The van der Waals surface area contributed by atoms with E-state index in [-0.39, 0.29) is 46.9 Å². The highest BCUT2D eigenvalue weighted by molar-refractivity contribution is 6.74. The molecule has 0 radical (unpaired) electrons. The summed E-state index contributed by atoms with van der Waals surface area (Å²) in [5.41, 5.74) is -0.524. The molecule has 4 fully saturated rings. The van der Waals surface area contributed by atoms with Crippen LogP contribution in [0.2, 0.25) is 18.1 Å². The summed E-state index contributed by atoms with van der Waals surface area (Å²) in [6, 6.07) is 0. The van der Waals surface area contributed by atoms with Crippen molar-refractivity contribution in [1.82, 2.24) is 0 Å². The van der Waals surface area contributed by atoms with Crippen molar-refractivity contribution in [3.63, 3.8) is 0 Å². The Hall–Kier alpha value is -1.18. The summed E-state index contributed by atoms with van der Waals surface area (Å²) in [5.74, 6) is 0.400.